The van der Waals surface area contributed by atoms with Crippen LogP contribution in [0.4, 0.5) is 0 Å². The van der Waals surface area contributed by atoms with Gasteiger partial charge in [0.25, 0.3) is 5.91 Å². The molecule has 1 heterocycles. The summed E-state index contributed by atoms with van der Waals surface area (Å²) in [6, 6.07) is 0.126. The third-order valence-corrected chi connectivity index (χ3v) is 2.84. The number of nitrogens with one attached hydrogen (secondary N) is 1. The molecule has 4 heteroatoms. The van der Waals surface area contributed by atoms with Crippen LogP contribution in [0.3, 0.4) is 0 Å². The van der Waals surface area contributed by atoms with E-state index in [2.05, 4.69) is 5.32 Å². The summed E-state index contributed by atoms with van der Waals surface area (Å²) in [5.41, 5.74) is -0.611. The Labute approximate surface area is 90.1 Å². The Morgan fingerprint density at radius 2 is 2.43 bits per heavy atom. The summed E-state index contributed by atoms with van der Waals surface area (Å²) in [5.74, 6) is 0.562. The molecule has 1 aliphatic rings. The standard InChI is InChI=1S/C10H18ClNO2/c1-8(4-6-11)12-9(13)10(2)5-3-7-14-10/h8H,3-7H2,1-2H3,(H,12,13). The Bertz CT molecular complexity index is 202. The van der Waals surface area contributed by atoms with Gasteiger partial charge in [0.2, 0.25) is 0 Å². The van der Waals surface area contributed by atoms with Crippen molar-refractivity contribution in [1.82, 2.24) is 5.32 Å². The van der Waals surface area contributed by atoms with Crippen LogP contribution >= 0.6 is 11.6 Å². The maximum absolute atomic E-state index is 11.8. The summed E-state index contributed by atoms with van der Waals surface area (Å²) in [7, 11) is 0. The molecule has 1 N–H and O–H groups in total. The second-order valence-corrected chi connectivity index (χ2v) is 4.41. The molecular weight excluding hydrogens is 202 g/mol. The van der Waals surface area contributed by atoms with Crippen LogP contribution in [0.15, 0.2) is 0 Å². The topological polar surface area (TPSA) is 38.3 Å². The zero-order chi connectivity index (χ0) is 10.6. The number of halogens is 1. The molecule has 14 heavy (non-hydrogen) atoms. The van der Waals surface area contributed by atoms with Crippen LogP contribution in [-0.4, -0.2) is 30.0 Å². The summed E-state index contributed by atoms with van der Waals surface area (Å²) < 4.78 is 5.44. The number of hydrogen-bond donors (Lipinski definition) is 1. The van der Waals surface area contributed by atoms with Gasteiger partial charge in [0, 0.05) is 18.5 Å². The predicted molar refractivity (Wildman–Crippen MR) is 56.5 cm³/mol. The Balaban J connectivity index is 2.40. The SMILES string of the molecule is CC(CCCl)NC(=O)C1(C)CCCO1. The van der Waals surface area contributed by atoms with Crippen LogP contribution < -0.4 is 5.32 Å². The normalized spacial score (nSPS) is 28.8. The number of ether oxygens (including phenoxy) is 1. The highest BCUT2D eigenvalue weighted by Gasteiger charge is 2.37. The number of alkyl halides is 1. The Morgan fingerprint density at radius 3 is 2.93 bits per heavy atom. The van der Waals surface area contributed by atoms with E-state index in [0.29, 0.717) is 12.5 Å². The molecule has 1 rings (SSSR count). The minimum absolute atomic E-state index is 0.00684. The van der Waals surface area contributed by atoms with Crippen LogP contribution in [0.25, 0.3) is 0 Å². The summed E-state index contributed by atoms with van der Waals surface area (Å²) in [6.07, 6.45) is 2.57. The number of amides is 1. The van der Waals surface area contributed by atoms with Crippen molar-refractivity contribution in [3.05, 3.63) is 0 Å². The summed E-state index contributed by atoms with van der Waals surface area (Å²) in [5, 5.41) is 2.91. The predicted octanol–water partition coefficient (Wildman–Crippen LogP) is 1.69. The first-order valence-electron chi connectivity index (χ1n) is 5.09. The van der Waals surface area contributed by atoms with Crippen molar-refractivity contribution in [2.24, 2.45) is 0 Å². The van der Waals surface area contributed by atoms with Crippen molar-refractivity contribution in [3.8, 4) is 0 Å². The van der Waals surface area contributed by atoms with Crippen molar-refractivity contribution in [2.45, 2.75) is 44.8 Å². The van der Waals surface area contributed by atoms with Gasteiger partial charge in [-0.05, 0) is 33.1 Å². The molecule has 0 aromatic rings. The van der Waals surface area contributed by atoms with E-state index >= 15 is 0 Å². The molecule has 0 saturated carbocycles. The fraction of sp³-hybridized carbons (Fsp3) is 0.900. The fourth-order valence-corrected chi connectivity index (χ4v) is 1.90. The van der Waals surface area contributed by atoms with E-state index in [0.717, 1.165) is 19.3 Å². The van der Waals surface area contributed by atoms with Crippen LogP contribution in [0.1, 0.15) is 33.1 Å². The quantitative estimate of drug-likeness (QED) is 0.731. The molecule has 3 nitrogen and oxygen atoms in total. The van der Waals surface area contributed by atoms with Crippen LogP contribution in [0, 0.1) is 0 Å². The average Bonchev–Trinajstić information content (AvgIpc) is 2.54. The van der Waals surface area contributed by atoms with Gasteiger partial charge >= 0.3 is 0 Å². The molecule has 1 fully saturated rings. The molecule has 0 radical (unpaired) electrons. The molecule has 2 atom stereocenters. The zero-order valence-corrected chi connectivity index (χ0v) is 9.56. The van der Waals surface area contributed by atoms with E-state index in [-0.39, 0.29) is 11.9 Å². The number of carbonyl (C=O) groups excluding carboxylic acids is 1. The first-order valence-corrected chi connectivity index (χ1v) is 5.63. The monoisotopic (exact) mass is 219 g/mol. The molecule has 2 unspecified atom stereocenters. The number of carbonyl (C=O) groups is 1. The van der Waals surface area contributed by atoms with Gasteiger partial charge in [-0.2, -0.15) is 0 Å². The van der Waals surface area contributed by atoms with Gasteiger partial charge < -0.3 is 10.1 Å². The third kappa shape index (κ3) is 2.85. The van der Waals surface area contributed by atoms with Crippen molar-refractivity contribution in [2.75, 3.05) is 12.5 Å². The molecule has 1 aliphatic heterocycles. The maximum atomic E-state index is 11.8. The highest BCUT2D eigenvalue weighted by Crippen LogP contribution is 2.25. The molecule has 1 amide bonds. The minimum Gasteiger partial charge on any atom is -0.365 e. The van der Waals surface area contributed by atoms with Crippen molar-refractivity contribution in [1.29, 1.82) is 0 Å². The fourth-order valence-electron chi connectivity index (χ4n) is 1.57. The third-order valence-electron chi connectivity index (χ3n) is 2.62. The van der Waals surface area contributed by atoms with E-state index in [9.17, 15) is 4.79 Å². The van der Waals surface area contributed by atoms with Crippen molar-refractivity contribution >= 4 is 17.5 Å². The van der Waals surface area contributed by atoms with Gasteiger partial charge in [0.15, 0.2) is 0 Å². The van der Waals surface area contributed by atoms with E-state index in [1.165, 1.54) is 0 Å². The molecule has 1 saturated heterocycles. The van der Waals surface area contributed by atoms with E-state index in [4.69, 9.17) is 16.3 Å². The minimum atomic E-state index is -0.611. The first-order chi connectivity index (χ1) is 6.58. The van der Waals surface area contributed by atoms with Crippen molar-refractivity contribution < 1.29 is 9.53 Å². The van der Waals surface area contributed by atoms with Gasteiger partial charge in [-0.3, -0.25) is 4.79 Å². The first kappa shape index (κ1) is 11.8. The average molecular weight is 220 g/mol. The van der Waals surface area contributed by atoms with Crippen LogP contribution in [0.5, 0.6) is 0 Å². The highest BCUT2D eigenvalue weighted by molar-refractivity contribution is 6.17. The largest absolute Gasteiger partial charge is 0.365 e. The molecule has 82 valence electrons. The highest BCUT2D eigenvalue weighted by atomic mass is 35.5. The zero-order valence-electron chi connectivity index (χ0n) is 8.81. The van der Waals surface area contributed by atoms with E-state index < -0.39 is 5.60 Å². The van der Waals surface area contributed by atoms with E-state index in [1.54, 1.807) is 0 Å². The number of rotatable bonds is 4. The van der Waals surface area contributed by atoms with Gasteiger partial charge in [-0.1, -0.05) is 0 Å². The second kappa shape index (κ2) is 4.99. The van der Waals surface area contributed by atoms with Gasteiger partial charge in [0.05, 0.1) is 0 Å². The van der Waals surface area contributed by atoms with Crippen molar-refractivity contribution in [3.63, 3.8) is 0 Å². The lowest BCUT2D eigenvalue weighted by Crippen LogP contribution is -2.47. The lowest BCUT2D eigenvalue weighted by Gasteiger charge is -2.24. The Morgan fingerprint density at radius 1 is 1.71 bits per heavy atom. The molecule has 0 aliphatic carbocycles. The number of hydrogen-bond acceptors (Lipinski definition) is 2. The maximum Gasteiger partial charge on any atom is 0.252 e. The van der Waals surface area contributed by atoms with Crippen LogP contribution in [0.2, 0.25) is 0 Å². The second-order valence-electron chi connectivity index (χ2n) is 4.04. The molecule has 0 aromatic carbocycles. The molecule has 0 spiro atoms. The summed E-state index contributed by atoms with van der Waals surface area (Å²) >= 11 is 5.59. The van der Waals surface area contributed by atoms with Gasteiger partial charge in [-0.25, -0.2) is 0 Å². The molecule has 0 aromatic heterocycles. The van der Waals surface area contributed by atoms with Gasteiger partial charge in [-0.15, -0.1) is 11.6 Å². The lowest BCUT2D eigenvalue weighted by atomic mass is 10.0. The Hall–Kier alpha value is -0.280. The van der Waals surface area contributed by atoms with Gasteiger partial charge in [0.1, 0.15) is 5.60 Å². The Kier molecular flexibility index (Phi) is 4.20. The van der Waals surface area contributed by atoms with E-state index in [1.807, 2.05) is 13.8 Å². The molecule has 0 bridgehead atoms. The lowest BCUT2D eigenvalue weighted by molar-refractivity contribution is -0.140. The molecular formula is C10H18ClNO2. The summed E-state index contributed by atoms with van der Waals surface area (Å²) in [6.45, 7) is 4.50. The smallest absolute Gasteiger partial charge is 0.252 e. The summed E-state index contributed by atoms with van der Waals surface area (Å²) in [4.78, 5) is 11.8. The van der Waals surface area contributed by atoms with Crippen LogP contribution in [-0.2, 0) is 9.53 Å².